The Balaban J connectivity index is 2.28. The zero-order chi connectivity index (χ0) is 15.0. The fourth-order valence-electron chi connectivity index (χ4n) is 2.17. The molecule has 0 saturated carbocycles. The van der Waals surface area contributed by atoms with Gasteiger partial charge in [0.05, 0.1) is 6.04 Å². The van der Waals surface area contributed by atoms with Crippen LogP contribution in [0.2, 0.25) is 0 Å². The summed E-state index contributed by atoms with van der Waals surface area (Å²) in [4.78, 5) is 25.3. The molecule has 20 heavy (non-hydrogen) atoms. The predicted molar refractivity (Wildman–Crippen MR) is 80.6 cm³/mol. The molecule has 0 aromatic rings. The molecule has 0 radical (unpaired) electrons. The lowest BCUT2D eigenvalue weighted by Gasteiger charge is -2.32. The second kappa shape index (κ2) is 9.20. The van der Waals surface area contributed by atoms with Crippen LogP contribution in [0, 0.1) is 0 Å². The molecule has 0 aromatic carbocycles. The van der Waals surface area contributed by atoms with Gasteiger partial charge >= 0.3 is 0 Å². The minimum atomic E-state index is -0.435. The summed E-state index contributed by atoms with van der Waals surface area (Å²) in [6.45, 7) is 1.44. The maximum absolute atomic E-state index is 11.9. The summed E-state index contributed by atoms with van der Waals surface area (Å²) in [6.07, 6.45) is 4.24. The van der Waals surface area contributed by atoms with Gasteiger partial charge in [-0.05, 0) is 31.3 Å². The van der Waals surface area contributed by atoms with E-state index in [-0.39, 0.29) is 24.5 Å². The van der Waals surface area contributed by atoms with E-state index in [0.717, 1.165) is 18.6 Å². The van der Waals surface area contributed by atoms with Crippen LogP contribution in [0.25, 0.3) is 0 Å². The van der Waals surface area contributed by atoms with Crippen molar-refractivity contribution in [2.75, 3.05) is 38.8 Å². The monoisotopic (exact) mass is 303 g/mol. The number of thioether (sulfide) groups is 1. The Labute approximate surface area is 124 Å². The Kier molecular flexibility index (Phi) is 7.94. The predicted octanol–water partition coefficient (Wildman–Crippen LogP) is -0.180. The number of hydrogen-bond acceptors (Lipinski definition) is 5. The maximum Gasteiger partial charge on any atom is 0.248 e. The van der Waals surface area contributed by atoms with E-state index in [9.17, 15) is 9.59 Å². The van der Waals surface area contributed by atoms with E-state index in [2.05, 4.69) is 5.32 Å². The van der Waals surface area contributed by atoms with Crippen molar-refractivity contribution in [3.8, 4) is 0 Å². The molecule has 1 atom stereocenters. The summed E-state index contributed by atoms with van der Waals surface area (Å²) >= 11 is 1.69. The lowest BCUT2D eigenvalue weighted by atomic mass is 10.0. The van der Waals surface area contributed by atoms with Gasteiger partial charge in [-0.25, -0.2) is 0 Å². The zero-order valence-corrected chi connectivity index (χ0v) is 13.1. The minimum absolute atomic E-state index is 0.00829. The largest absolute Gasteiger partial charge is 0.375 e. The zero-order valence-electron chi connectivity index (χ0n) is 12.3. The highest BCUT2D eigenvalue weighted by Crippen LogP contribution is 2.11. The van der Waals surface area contributed by atoms with Crippen LogP contribution in [0.4, 0.5) is 0 Å². The van der Waals surface area contributed by atoms with Gasteiger partial charge in [0.15, 0.2) is 0 Å². The Morgan fingerprint density at radius 1 is 1.45 bits per heavy atom. The molecule has 7 heteroatoms. The van der Waals surface area contributed by atoms with Crippen molar-refractivity contribution < 1.29 is 14.3 Å². The minimum Gasteiger partial charge on any atom is -0.375 e. The first kappa shape index (κ1) is 17.3. The lowest BCUT2D eigenvalue weighted by molar-refractivity contribution is -0.136. The third-order valence-electron chi connectivity index (χ3n) is 3.43. The van der Waals surface area contributed by atoms with Crippen LogP contribution in [0.1, 0.15) is 19.3 Å². The summed E-state index contributed by atoms with van der Waals surface area (Å²) in [5, 5.41) is 2.98. The molecule has 2 amide bonds. The van der Waals surface area contributed by atoms with Gasteiger partial charge in [-0.15, -0.1) is 0 Å². The number of nitrogens with zero attached hydrogens (tertiary/aromatic N) is 1. The highest BCUT2D eigenvalue weighted by Gasteiger charge is 2.24. The number of carbonyl (C=O) groups is 2. The number of piperidine rings is 1. The van der Waals surface area contributed by atoms with Crippen molar-refractivity contribution in [1.29, 1.82) is 0 Å². The van der Waals surface area contributed by atoms with Crippen LogP contribution in [0.15, 0.2) is 0 Å². The van der Waals surface area contributed by atoms with Gasteiger partial charge in [0.2, 0.25) is 11.8 Å². The molecule has 0 aromatic heterocycles. The van der Waals surface area contributed by atoms with Crippen LogP contribution < -0.4 is 11.1 Å². The van der Waals surface area contributed by atoms with Crippen molar-refractivity contribution in [1.82, 2.24) is 10.2 Å². The third kappa shape index (κ3) is 5.68. The SMILES string of the molecule is COCC(=O)N1CCC(NC(=O)[C@H](N)CCSC)CC1. The van der Waals surface area contributed by atoms with Gasteiger partial charge in [0.1, 0.15) is 6.61 Å². The molecule has 1 heterocycles. The van der Waals surface area contributed by atoms with Crippen LogP contribution in [-0.2, 0) is 14.3 Å². The molecule has 1 saturated heterocycles. The topological polar surface area (TPSA) is 84.7 Å². The fraction of sp³-hybridized carbons (Fsp3) is 0.846. The van der Waals surface area contributed by atoms with E-state index in [1.807, 2.05) is 6.26 Å². The Hall–Kier alpha value is -0.790. The number of amides is 2. The van der Waals surface area contributed by atoms with Crippen LogP contribution >= 0.6 is 11.8 Å². The number of ether oxygens (including phenoxy) is 1. The van der Waals surface area contributed by atoms with Crippen LogP contribution in [-0.4, -0.2) is 67.6 Å². The Morgan fingerprint density at radius 2 is 2.10 bits per heavy atom. The average molecular weight is 303 g/mol. The van der Waals surface area contributed by atoms with E-state index in [0.29, 0.717) is 19.5 Å². The number of likely N-dealkylation sites (tertiary alicyclic amines) is 1. The normalized spacial score (nSPS) is 17.9. The first-order valence-corrected chi connectivity index (χ1v) is 8.29. The van der Waals surface area contributed by atoms with Gasteiger partial charge in [-0.3, -0.25) is 9.59 Å². The van der Waals surface area contributed by atoms with Crippen molar-refractivity contribution in [2.45, 2.75) is 31.3 Å². The highest BCUT2D eigenvalue weighted by atomic mass is 32.2. The van der Waals surface area contributed by atoms with Crippen molar-refractivity contribution in [3.63, 3.8) is 0 Å². The molecule has 0 unspecified atom stereocenters. The van der Waals surface area contributed by atoms with E-state index in [1.54, 1.807) is 16.7 Å². The smallest absolute Gasteiger partial charge is 0.248 e. The number of hydrogen-bond donors (Lipinski definition) is 2. The second-order valence-electron chi connectivity index (χ2n) is 4.98. The molecule has 116 valence electrons. The number of methoxy groups -OCH3 is 1. The van der Waals surface area contributed by atoms with Crippen molar-refractivity contribution in [2.24, 2.45) is 5.73 Å². The van der Waals surface area contributed by atoms with Gasteiger partial charge in [-0.1, -0.05) is 0 Å². The third-order valence-corrected chi connectivity index (χ3v) is 4.08. The molecule has 3 N–H and O–H groups in total. The number of carbonyl (C=O) groups excluding carboxylic acids is 2. The van der Waals surface area contributed by atoms with Crippen molar-refractivity contribution in [3.05, 3.63) is 0 Å². The van der Waals surface area contributed by atoms with Gasteiger partial charge in [0, 0.05) is 26.2 Å². The molecular weight excluding hydrogens is 278 g/mol. The summed E-state index contributed by atoms with van der Waals surface area (Å²) in [7, 11) is 1.51. The lowest BCUT2D eigenvalue weighted by Crippen LogP contribution is -2.51. The first-order valence-electron chi connectivity index (χ1n) is 6.90. The molecule has 6 nitrogen and oxygen atoms in total. The second-order valence-corrected chi connectivity index (χ2v) is 5.97. The summed E-state index contributed by atoms with van der Waals surface area (Å²) in [6, 6.07) is -0.315. The fourth-order valence-corrected chi connectivity index (χ4v) is 2.66. The molecule has 1 aliphatic heterocycles. The molecule has 1 rings (SSSR count). The molecule has 0 aliphatic carbocycles. The summed E-state index contributed by atoms with van der Waals surface area (Å²) in [5.74, 6) is 0.813. The Morgan fingerprint density at radius 3 is 2.65 bits per heavy atom. The summed E-state index contributed by atoms with van der Waals surface area (Å²) in [5.41, 5.74) is 5.83. The molecule has 0 spiro atoms. The van der Waals surface area contributed by atoms with Gasteiger partial charge < -0.3 is 20.7 Å². The molecule has 0 bridgehead atoms. The average Bonchev–Trinajstić information content (AvgIpc) is 2.45. The number of nitrogens with one attached hydrogen (secondary N) is 1. The summed E-state index contributed by atoms with van der Waals surface area (Å²) < 4.78 is 4.84. The van der Waals surface area contributed by atoms with E-state index < -0.39 is 6.04 Å². The first-order chi connectivity index (χ1) is 9.58. The highest BCUT2D eigenvalue weighted by molar-refractivity contribution is 7.98. The van der Waals surface area contributed by atoms with Crippen molar-refractivity contribution >= 4 is 23.6 Å². The van der Waals surface area contributed by atoms with Gasteiger partial charge in [0.25, 0.3) is 0 Å². The van der Waals surface area contributed by atoms with E-state index >= 15 is 0 Å². The van der Waals surface area contributed by atoms with Gasteiger partial charge in [-0.2, -0.15) is 11.8 Å². The molecule has 1 fully saturated rings. The van der Waals surface area contributed by atoms with Crippen LogP contribution in [0.5, 0.6) is 0 Å². The standard InChI is InChI=1S/C13H25N3O3S/c1-19-9-12(17)16-6-3-10(4-7-16)15-13(18)11(14)5-8-20-2/h10-11H,3-9,14H2,1-2H3,(H,15,18)/t11-/m1/s1. The van der Waals surface area contributed by atoms with E-state index in [1.165, 1.54) is 7.11 Å². The maximum atomic E-state index is 11.9. The molecular formula is C13H25N3O3S. The Bertz CT molecular complexity index is 320. The number of nitrogens with two attached hydrogens (primary N) is 1. The quantitative estimate of drug-likeness (QED) is 0.681. The van der Waals surface area contributed by atoms with Crippen LogP contribution in [0.3, 0.4) is 0 Å². The number of rotatable bonds is 7. The van der Waals surface area contributed by atoms with E-state index in [4.69, 9.17) is 10.5 Å². The molecule has 1 aliphatic rings.